The maximum atomic E-state index is 14.5. The number of aromatic amines is 1. The summed E-state index contributed by atoms with van der Waals surface area (Å²) in [5.74, 6) is 0.0488. The van der Waals surface area contributed by atoms with Gasteiger partial charge in [-0.25, -0.2) is 23.9 Å². The number of carbonyl (C=O) groups excluding carboxylic acids is 2. The van der Waals surface area contributed by atoms with Gasteiger partial charge in [-0.1, -0.05) is 25.4 Å². The molecule has 0 saturated heterocycles. The third kappa shape index (κ3) is 9.52. The zero-order chi connectivity index (χ0) is 31.1. The molecule has 1 N–H and O–H groups in total. The van der Waals surface area contributed by atoms with E-state index in [1.54, 1.807) is 54.7 Å². The highest BCUT2D eigenvalue weighted by Gasteiger charge is 2.31. The number of carbonyl (C=O) groups is 2. The van der Waals surface area contributed by atoms with Crippen molar-refractivity contribution in [2.24, 2.45) is 0 Å². The van der Waals surface area contributed by atoms with Crippen LogP contribution in [0.1, 0.15) is 79.5 Å². The van der Waals surface area contributed by atoms with Crippen LogP contribution in [0.25, 0.3) is 11.0 Å². The summed E-state index contributed by atoms with van der Waals surface area (Å²) >= 11 is 6.34. The number of halogens is 2. The molecule has 9 nitrogen and oxygen atoms in total. The van der Waals surface area contributed by atoms with Gasteiger partial charge in [0.25, 0.3) is 0 Å². The van der Waals surface area contributed by atoms with E-state index in [-0.39, 0.29) is 29.5 Å². The van der Waals surface area contributed by atoms with E-state index in [1.165, 1.54) is 12.1 Å². The van der Waals surface area contributed by atoms with Crippen molar-refractivity contribution in [3.63, 3.8) is 0 Å². The van der Waals surface area contributed by atoms with Crippen LogP contribution in [-0.2, 0) is 9.47 Å². The van der Waals surface area contributed by atoms with E-state index >= 15 is 0 Å². The molecule has 0 radical (unpaired) electrons. The lowest BCUT2D eigenvalue weighted by atomic mass is 10.1. The van der Waals surface area contributed by atoms with E-state index in [0.29, 0.717) is 5.75 Å². The predicted octanol–water partition coefficient (Wildman–Crippen LogP) is 8.38. The van der Waals surface area contributed by atoms with Gasteiger partial charge < -0.3 is 23.9 Å². The van der Waals surface area contributed by atoms with Crippen LogP contribution in [0.15, 0.2) is 30.6 Å². The molecule has 3 aromatic rings. The molecule has 0 saturated carbocycles. The fourth-order valence-electron chi connectivity index (χ4n) is 3.63. The number of ether oxygens (including phenoxy) is 4. The van der Waals surface area contributed by atoms with Gasteiger partial charge in [0, 0.05) is 11.6 Å². The molecule has 0 aliphatic heterocycles. The van der Waals surface area contributed by atoms with Crippen LogP contribution in [0, 0.1) is 12.7 Å². The molecule has 0 aliphatic carbocycles. The highest BCUT2D eigenvalue weighted by molar-refractivity contribution is 6.31. The van der Waals surface area contributed by atoms with Gasteiger partial charge >= 0.3 is 12.2 Å². The van der Waals surface area contributed by atoms with Crippen molar-refractivity contribution in [1.82, 2.24) is 14.9 Å². The summed E-state index contributed by atoms with van der Waals surface area (Å²) < 4.78 is 37.1. The van der Waals surface area contributed by atoms with Gasteiger partial charge in [0.15, 0.2) is 0 Å². The Morgan fingerprint density at radius 1 is 1.07 bits per heavy atom. The lowest BCUT2D eigenvalue weighted by molar-refractivity contribution is -0.000743. The molecule has 1 aromatic carbocycles. The number of fused-ring (bicyclic) bond motifs is 1. The fraction of sp³-hybridized carbons (Fsp3) is 0.500. The lowest BCUT2D eigenvalue weighted by Gasteiger charge is -2.28. The number of rotatable bonds is 7. The number of amides is 2. The molecule has 3 rings (SSSR count). The third-order valence-corrected chi connectivity index (χ3v) is 5.71. The minimum Gasteiger partial charge on any atom is -0.491 e. The minimum absolute atomic E-state index is 0.143. The van der Waals surface area contributed by atoms with Gasteiger partial charge in [0.05, 0.1) is 23.3 Å². The molecule has 2 heterocycles. The van der Waals surface area contributed by atoms with Gasteiger partial charge in [-0.05, 0) is 79.2 Å². The summed E-state index contributed by atoms with van der Waals surface area (Å²) in [6, 6.07) is 4.42. The van der Waals surface area contributed by atoms with Gasteiger partial charge in [-0.3, -0.25) is 0 Å². The fourth-order valence-corrected chi connectivity index (χ4v) is 3.94. The van der Waals surface area contributed by atoms with Crippen molar-refractivity contribution in [2.45, 2.75) is 86.5 Å². The zero-order valence-corrected chi connectivity index (χ0v) is 26.2. The van der Waals surface area contributed by atoms with Crippen LogP contribution >= 0.6 is 11.6 Å². The number of pyridine rings is 1. The van der Waals surface area contributed by atoms with Crippen LogP contribution in [0.3, 0.4) is 0 Å². The number of H-pyrrole nitrogens is 1. The molecular formula is C30H41ClFN3O6. The SMILES string of the molecule is CC.Cc1c[nH]c2ncc(OC(C)c3c(OCCN(C(=O)OC(C)(C)C)C(=O)OC(C)(C)C)ccc(F)c3Cl)cc12. The Hall–Kier alpha value is -3.53. The Labute approximate surface area is 246 Å². The molecule has 0 aliphatic rings. The number of nitrogens with zero attached hydrogens (tertiary/aromatic N) is 2. The van der Waals surface area contributed by atoms with Crippen molar-refractivity contribution < 1.29 is 32.9 Å². The first kappa shape index (κ1) is 33.7. The first-order valence-corrected chi connectivity index (χ1v) is 13.9. The van der Waals surface area contributed by atoms with Gasteiger partial charge in [-0.2, -0.15) is 0 Å². The molecule has 11 heteroatoms. The number of hydrogen-bond donors (Lipinski definition) is 1. The average molecular weight is 594 g/mol. The van der Waals surface area contributed by atoms with E-state index < -0.39 is 35.3 Å². The van der Waals surface area contributed by atoms with Gasteiger partial charge in [-0.15, -0.1) is 0 Å². The van der Waals surface area contributed by atoms with Gasteiger partial charge in [0.2, 0.25) is 0 Å². The molecule has 0 spiro atoms. The number of imide groups is 1. The van der Waals surface area contributed by atoms with Crippen LogP contribution in [0.4, 0.5) is 14.0 Å². The largest absolute Gasteiger partial charge is 0.491 e. The number of aromatic nitrogens is 2. The molecule has 226 valence electrons. The Morgan fingerprint density at radius 3 is 2.22 bits per heavy atom. The quantitative estimate of drug-likeness (QED) is 0.293. The van der Waals surface area contributed by atoms with E-state index in [0.717, 1.165) is 21.5 Å². The monoisotopic (exact) mass is 593 g/mol. The summed E-state index contributed by atoms with van der Waals surface area (Å²) in [6.45, 7) is 17.4. The predicted molar refractivity (Wildman–Crippen MR) is 157 cm³/mol. The van der Waals surface area contributed by atoms with Crippen molar-refractivity contribution in [2.75, 3.05) is 13.2 Å². The first-order valence-electron chi connectivity index (χ1n) is 13.5. The second-order valence-electron chi connectivity index (χ2n) is 11.0. The maximum Gasteiger partial charge on any atom is 0.419 e. The highest BCUT2D eigenvalue weighted by Crippen LogP contribution is 2.37. The van der Waals surface area contributed by atoms with E-state index in [9.17, 15) is 14.0 Å². The Morgan fingerprint density at radius 2 is 1.66 bits per heavy atom. The van der Waals surface area contributed by atoms with Crippen LogP contribution in [0.2, 0.25) is 5.02 Å². The number of benzene rings is 1. The highest BCUT2D eigenvalue weighted by atomic mass is 35.5. The number of hydrogen-bond acceptors (Lipinski definition) is 7. The third-order valence-electron chi connectivity index (χ3n) is 5.33. The number of aryl methyl sites for hydroxylation is 1. The van der Waals surface area contributed by atoms with Crippen LogP contribution < -0.4 is 9.47 Å². The Balaban J connectivity index is 0.00000287. The minimum atomic E-state index is -0.877. The second kappa shape index (κ2) is 13.9. The van der Waals surface area contributed by atoms with Crippen molar-refractivity contribution in [3.05, 3.63) is 52.6 Å². The summed E-state index contributed by atoms with van der Waals surface area (Å²) in [5.41, 5.74) is 0.324. The molecule has 0 fully saturated rings. The summed E-state index contributed by atoms with van der Waals surface area (Å²) in [7, 11) is 0. The molecule has 2 amide bonds. The number of nitrogens with one attached hydrogen (secondary N) is 1. The topological polar surface area (TPSA) is 103 Å². The lowest BCUT2D eigenvalue weighted by Crippen LogP contribution is -2.45. The van der Waals surface area contributed by atoms with E-state index in [1.807, 2.05) is 33.0 Å². The van der Waals surface area contributed by atoms with Crippen molar-refractivity contribution >= 4 is 34.8 Å². The van der Waals surface area contributed by atoms with Gasteiger partial charge in [0.1, 0.15) is 46.9 Å². The molecule has 2 aromatic heterocycles. The van der Waals surface area contributed by atoms with E-state index in [4.69, 9.17) is 30.5 Å². The summed E-state index contributed by atoms with van der Waals surface area (Å²) in [4.78, 5) is 33.7. The Kier molecular flexibility index (Phi) is 11.4. The van der Waals surface area contributed by atoms with E-state index in [2.05, 4.69) is 9.97 Å². The van der Waals surface area contributed by atoms with Crippen LogP contribution in [-0.4, -0.2) is 51.4 Å². The summed E-state index contributed by atoms with van der Waals surface area (Å²) in [6.07, 6.45) is 0.921. The van der Waals surface area contributed by atoms with Crippen LogP contribution in [0.5, 0.6) is 11.5 Å². The van der Waals surface area contributed by atoms with Crippen molar-refractivity contribution in [1.29, 1.82) is 0 Å². The molecular weight excluding hydrogens is 553 g/mol. The second-order valence-corrected chi connectivity index (χ2v) is 11.4. The van der Waals surface area contributed by atoms with Crippen molar-refractivity contribution in [3.8, 4) is 11.5 Å². The Bertz CT molecular complexity index is 1320. The standard InChI is InChI=1S/C28H35ClFN3O6.C2H6/c1-16-14-31-24-19(16)13-18(15-32-24)37-17(2)22-21(10-9-20(30)23(22)29)36-12-11-33(25(34)38-27(3,4)5)26(35)39-28(6,7)8;1-2/h9-10,13-15,17H,11-12H2,1-8H3,(H,31,32);1-2H3. The molecule has 1 atom stereocenters. The smallest absolute Gasteiger partial charge is 0.419 e. The average Bonchev–Trinajstić information content (AvgIpc) is 3.22. The molecule has 1 unspecified atom stereocenters. The summed E-state index contributed by atoms with van der Waals surface area (Å²) in [5, 5.41) is 0.730. The normalized spacial score (nSPS) is 12.2. The maximum absolute atomic E-state index is 14.5. The zero-order valence-electron chi connectivity index (χ0n) is 25.5. The molecule has 41 heavy (non-hydrogen) atoms. The molecule has 0 bridgehead atoms. The first-order chi connectivity index (χ1) is 19.1.